The molecule has 0 aliphatic heterocycles. The Balaban J connectivity index is 2.47. The molecule has 0 N–H and O–H groups in total. The van der Waals surface area contributed by atoms with Crippen LogP contribution in [0.4, 0.5) is 8.78 Å². The molecule has 0 atom stereocenters. The number of hydrogen-bond acceptors (Lipinski definition) is 2. The van der Waals surface area contributed by atoms with Gasteiger partial charge in [-0.2, -0.15) is 0 Å². The lowest BCUT2D eigenvalue weighted by atomic mass is 10.1. The quantitative estimate of drug-likeness (QED) is 0.699. The van der Waals surface area contributed by atoms with Crippen LogP contribution in [0.3, 0.4) is 0 Å². The molecule has 0 bridgehead atoms. The van der Waals surface area contributed by atoms with E-state index >= 15 is 0 Å². The summed E-state index contributed by atoms with van der Waals surface area (Å²) in [5.41, 5.74) is 1.00. The largest absolute Gasteiger partial charge is 0.449 e. The molecule has 0 aliphatic carbocycles. The normalized spacial score (nSPS) is 10.5. The van der Waals surface area contributed by atoms with Crippen LogP contribution in [-0.4, -0.2) is 4.98 Å². The number of aromatic nitrogens is 1. The van der Waals surface area contributed by atoms with Crippen LogP contribution in [0.2, 0.25) is 0 Å². The summed E-state index contributed by atoms with van der Waals surface area (Å²) >= 11 is 0. The van der Waals surface area contributed by atoms with Crippen molar-refractivity contribution in [2.75, 3.05) is 0 Å². The second kappa shape index (κ2) is 3.21. The zero-order valence-corrected chi connectivity index (χ0v) is 7.42. The van der Waals surface area contributed by atoms with Gasteiger partial charge in [-0.15, -0.1) is 0 Å². The fourth-order valence-electron chi connectivity index (χ4n) is 1.15. The van der Waals surface area contributed by atoms with Crippen LogP contribution >= 0.6 is 0 Å². The zero-order valence-electron chi connectivity index (χ0n) is 7.42. The third-order valence-corrected chi connectivity index (χ3v) is 1.83. The number of oxazole rings is 1. The van der Waals surface area contributed by atoms with Gasteiger partial charge in [0.25, 0.3) is 0 Å². The van der Waals surface area contributed by atoms with Gasteiger partial charge in [-0.05, 0) is 18.2 Å². The van der Waals surface area contributed by atoms with Crippen molar-refractivity contribution in [3.63, 3.8) is 0 Å². The maximum Gasteiger partial charge on any atom is 0.191 e. The summed E-state index contributed by atoms with van der Waals surface area (Å²) in [5.74, 6) is -1.26. The van der Waals surface area contributed by atoms with Gasteiger partial charge in [0.05, 0.1) is 0 Å². The lowest BCUT2D eigenvalue weighted by Gasteiger charge is -1.96. The average molecular weight is 195 g/mol. The van der Waals surface area contributed by atoms with Crippen molar-refractivity contribution in [1.82, 2.24) is 4.98 Å². The van der Waals surface area contributed by atoms with Crippen LogP contribution in [0.25, 0.3) is 11.3 Å². The first-order chi connectivity index (χ1) is 6.66. The van der Waals surface area contributed by atoms with Crippen LogP contribution in [0, 0.1) is 18.6 Å². The van der Waals surface area contributed by atoms with Crippen molar-refractivity contribution in [3.05, 3.63) is 42.0 Å². The predicted octanol–water partition coefficient (Wildman–Crippen LogP) is 2.93. The zero-order chi connectivity index (χ0) is 10.1. The van der Waals surface area contributed by atoms with Gasteiger partial charge < -0.3 is 4.42 Å². The molecule has 2 rings (SSSR count). The molecule has 72 valence electrons. The molecule has 0 saturated heterocycles. The SMILES string of the molecule is Cc1nc(-c2ccc(F)c(F)c2)co1. The van der Waals surface area contributed by atoms with E-state index in [1.54, 1.807) is 6.92 Å². The molecule has 4 heteroatoms. The van der Waals surface area contributed by atoms with E-state index in [9.17, 15) is 8.78 Å². The topological polar surface area (TPSA) is 26.0 Å². The Kier molecular flexibility index (Phi) is 2.04. The molecule has 0 fully saturated rings. The van der Waals surface area contributed by atoms with Crippen molar-refractivity contribution in [2.24, 2.45) is 0 Å². The first-order valence-corrected chi connectivity index (χ1v) is 4.04. The number of aryl methyl sites for hydroxylation is 1. The highest BCUT2D eigenvalue weighted by Crippen LogP contribution is 2.20. The third-order valence-electron chi connectivity index (χ3n) is 1.83. The van der Waals surface area contributed by atoms with Crippen molar-refractivity contribution in [2.45, 2.75) is 6.92 Å². The van der Waals surface area contributed by atoms with E-state index < -0.39 is 11.6 Å². The molecule has 2 aromatic rings. The van der Waals surface area contributed by atoms with Crippen LogP contribution in [0.15, 0.2) is 28.9 Å². The minimum atomic E-state index is -0.886. The number of halogens is 2. The van der Waals surface area contributed by atoms with E-state index in [2.05, 4.69) is 4.98 Å². The summed E-state index contributed by atoms with van der Waals surface area (Å²) in [5, 5.41) is 0. The molecular formula is C10H7F2NO. The van der Waals surface area contributed by atoms with Gasteiger partial charge in [-0.25, -0.2) is 13.8 Å². The molecule has 0 saturated carbocycles. The van der Waals surface area contributed by atoms with Gasteiger partial charge in [0.1, 0.15) is 12.0 Å². The van der Waals surface area contributed by atoms with E-state index in [1.807, 2.05) is 0 Å². The van der Waals surface area contributed by atoms with Gasteiger partial charge >= 0.3 is 0 Å². The van der Waals surface area contributed by atoms with Gasteiger partial charge in [0.2, 0.25) is 0 Å². The fraction of sp³-hybridized carbons (Fsp3) is 0.100. The molecule has 14 heavy (non-hydrogen) atoms. The highest BCUT2D eigenvalue weighted by molar-refractivity contribution is 5.57. The first-order valence-electron chi connectivity index (χ1n) is 4.04. The summed E-state index contributed by atoms with van der Waals surface area (Å²) in [7, 11) is 0. The molecule has 0 aliphatic rings. The number of hydrogen-bond donors (Lipinski definition) is 0. The van der Waals surface area contributed by atoms with Crippen LogP contribution in [0.1, 0.15) is 5.89 Å². The second-order valence-corrected chi connectivity index (χ2v) is 2.88. The molecule has 1 aromatic heterocycles. The lowest BCUT2D eigenvalue weighted by Crippen LogP contribution is -1.85. The fourth-order valence-corrected chi connectivity index (χ4v) is 1.15. The molecular weight excluding hydrogens is 188 g/mol. The molecule has 1 heterocycles. The first kappa shape index (κ1) is 8.87. The van der Waals surface area contributed by atoms with E-state index in [-0.39, 0.29) is 0 Å². The minimum absolute atomic E-state index is 0.490. The van der Waals surface area contributed by atoms with E-state index in [4.69, 9.17) is 4.42 Å². The standard InChI is InChI=1S/C10H7F2NO/c1-6-13-10(5-14-6)7-2-3-8(11)9(12)4-7/h2-5H,1H3. The van der Waals surface area contributed by atoms with Crippen LogP contribution in [0.5, 0.6) is 0 Å². The van der Waals surface area contributed by atoms with E-state index in [0.29, 0.717) is 17.1 Å². The van der Waals surface area contributed by atoms with Crippen molar-refractivity contribution < 1.29 is 13.2 Å². The number of nitrogens with zero attached hydrogens (tertiary/aromatic N) is 1. The maximum absolute atomic E-state index is 12.8. The van der Waals surface area contributed by atoms with Crippen molar-refractivity contribution >= 4 is 0 Å². The van der Waals surface area contributed by atoms with E-state index in [1.165, 1.54) is 12.3 Å². The monoisotopic (exact) mass is 195 g/mol. The van der Waals surface area contributed by atoms with E-state index in [0.717, 1.165) is 12.1 Å². The molecule has 1 aromatic carbocycles. The van der Waals surface area contributed by atoms with Gasteiger partial charge in [0.15, 0.2) is 17.5 Å². The summed E-state index contributed by atoms with van der Waals surface area (Å²) in [4.78, 5) is 4.00. The summed E-state index contributed by atoms with van der Waals surface area (Å²) < 4.78 is 30.4. The predicted molar refractivity (Wildman–Crippen MR) is 46.6 cm³/mol. The van der Waals surface area contributed by atoms with Crippen LogP contribution < -0.4 is 0 Å². The Bertz CT molecular complexity index is 465. The summed E-state index contributed by atoms with van der Waals surface area (Å²) in [6.45, 7) is 1.68. The number of benzene rings is 1. The molecule has 0 spiro atoms. The highest BCUT2D eigenvalue weighted by Gasteiger charge is 2.07. The Morgan fingerprint density at radius 2 is 2.00 bits per heavy atom. The maximum atomic E-state index is 12.8. The molecule has 0 unspecified atom stereocenters. The van der Waals surface area contributed by atoms with Gasteiger partial charge in [0, 0.05) is 12.5 Å². The van der Waals surface area contributed by atoms with Crippen molar-refractivity contribution in [3.8, 4) is 11.3 Å². The van der Waals surface area contributed by atoms with Crippen LogP contribution in [-0.2, 0) is 0 Å². The Morgan fingerprint density at radius 3 is 2.57 bits per heavy atom. The Labute approximate surface area is 79.2 Å². The molecule has 0 radical (unpaired) electrons. The Morgan fingerprint density at radius 1 is 1.21 bits per heavy atom. The smallest absolute Gasteiger partial charge is 0.191 e. The minimum Gasteiger partial charge on any atom is -0.449 e. The Hall–Kier alpha value is -1.71. The summed E-state index contributed by atoms with van der Waals surface area (Å²) in [6.07, 6.45) is 1.40. The number of rotatable bonds is 1. The molecule has 2 nitrogen and oxygen atoms in total. The van der Waals surface area contributed by atoms with Gasteiger partial charge in [-0.1, -0.05) is 0 Å². The third kappa shape index (κ3) is 1.51. The lowest BCUT2D eigenvalue weighted by molar-refractivity contribution is 0.509. The summed E-state index contributed by atoms with van der Waals surface area (Å²) in [6, 6.07) is 3.61. The van der Waals surface area contributed by atoms with Gasteiger partial charge in [-0.3, -0.25) is 0 Å². The van der Waals surface area contributed by atoms with Crippen molar-refractivity contribution in [1.29, 1.82) is 0 Å². The highest BCUT2D eigenvalue weighted by atomic mass is 19.2. The second-order valence-electron chi connectivity index (χ2n) is 2.88. The average Bonchev–Trinajstić information content (AvgIpc) is 2.57. The molecule has 0 amide bonds.